The molecule has 166 valence electrons. The molecule has 3 aromatic rings. The third-order valence-corrected chi connectivity index (χ3v) is 7.15. The third kappa shape index (κ3) is 4.59. The molecule has 0 saturated heterocycles. The van der Waals surface area contributed by atoms with Gasteiger partial charge in [-0.25, -0.2) is 13.2 Å². The number of methoxy groups -OCH3 is 4. The first-order valence-electron chi connectivity index (χ1n) is 8.83. The van der Waals surface area contributed by atoms with Crippen molar-refractivity contribution in [2.75, 3.05) is 33.2 Å². The average molecular weight is 468 g/mol. The van der Waals surface area contributed by atoms with E-state index in [1.807, 2.05) is 12.1 Å². The van der Waals surface area contributed by atoms with Crippen LogP contribution in [-0.4, -0.2) is 52.6 Å². The Bertz CT molecular complexity index is 1190. The lowest BCUT2D eigenvalue weighted by Crippen LogP contribution is -2.13. The van der Waals surface area contributed by atoms with E-state index in [0.29, 0.717) is 18.0 Å². The van der Waals surface area contributed by atoms with Crippen LogP contribution < -0.4 is 18.9 Å². The van der Waals surface area contributed by atoms with Gasteiger partial charge in [-0.1, -0.05) is 12.1 Å². The van der Waals surface area contributed by atoms with Crippen LogP contribution in [0.25, 0.3) is 0 Å². The van der Waals surface area contributed by atoms with Gasteiger partial charge in [0.05, 0.1) is 46.9 Å². The van der Waals surface area contributed by atoms with Crippen LogP contribution in [-0.2, 0) is 21.3 Å². The van der Waals surface area contributed by atoms with Crippen molar-refractivity contribution in [2.24, 2.45) is 0 Å². The monoisotopic (exact) mass is 467 g/mol. The maximum Gasteiger partial charge on any atom is 0.342 e. The Morgan fingerprint density at radius 3 is 2.52 bits per heavy atom. The van der Waals surface area contributed by atoms with Gasteiger partial charge in [0, 0.05) is 17.1 Å². The predicted molar refractivity (Wildman–Crippen MR) is 114 cm³/mol. The van der Waals surface area contributed by atoms with E-state index < -0.39 is 16.0 Å². The van der Waals surface area contributed by atoms with Gasteiger partial charge in [0.2, 0.25) is 0 Å². The lowest BCUT2D eigenvalue weighted by Gasteiger charge is -2.12. The number of hydrogen-bond acceptors (Lipinski definition) is 9. The van der Waals surface area contributed by atoms with Crippen molar-refractivity contribution in [3.8, 4) is 17.2 Å². The van der Waals surface area contributed by atoms with Gasteiger partial charge < -0.3 is 18.9 Å². The molecule has 0 atom stereocenters. The average Bonchev–Trinajstić information content (AvgIpc) is 3.39. The molecule has 2 heterocycles. The molecule has 31 heavy (non-hydrogen) atoms. The van der Waals surface area contributed by atoms with E-state index in [2.05, 4.69) is 14.6 Å². The normalized spacial score (nSPS) is 11.1. The van der Waals surface area contributed by atoms with Crippen molar-refractivity contribution in [3.63, 3.8) is 0 Å². The minimum absolute atomic E-state index is 0.0381. The van der Waals surface area contributed by atoms with Gasteiger partial charge in [0.15, 0.2) is 21.5 Å². The molecular weight excluding hydrogens is 446 g/mol. The molecule has 2 aromatic heterocycles. The number of benzene rings is 1. The van der Waals surface area contributed by atoms with Crippen LogP contribution in [0.3, 0.4) is 0 Å². The zero-order valence-corrected chi connectivity index (χ0v) is 18.9. The summed E-state index contributed by atoms with van der Waals surface area (Å²) >= 11 is 0.855. The Balaban J connectivity index is 1.83. The van der Waals surface area contributed by atoms with Crippen LogP contribution in [0.15, 0.2) is 40.2 Å². The summed E-state index contributed by atoms with van der Waals surface area (Å²) in [5, 5.41) is 5.57. The maximum atomic E-state index is 12.9. The summed E-state index contributed by atoms with van der Waals surface area (Å²) < 4.78 is 50.1. The van der Waals surface area contributed by atoms with Gasteiger partial charge in [-0.2, -0.15) is 5.10 Å². The number of anilines is 1. The molecule has 0 spiro atoms. The van der Waals surface area contributed by atoms with Gasteiger partial charge >= 0.3 is 5.97 Å². The molecule has 0 unspecified atom stereocenters. The number of ether oxygens (including phenoxy) is 4. The van der Waals surface area contributed by atoms with E-state index in [1.54, 1.807) is 25.0 Å². The fraction of sp³-hybridized carbons (Fsp3) is 0.263. The Kier molecular flexibility index (Phi) is 6.71. The lowest BCUT2D eigenvalue weighted by molar-refractivity contribution is 0.0597. The summed E-state index contributed by atoms with van der Waals surface area (Å²) in [4.78, 5) is 11.8. The number of nitrogens with zero attached hydrogens (tertiary/aromatic N) is 2. The predicted octanol–water partition coefficient (Wildman–Crippen LogP) is 2.61. The number of nitrogens with one attached hydrogen (secondary N) is 1. The highest BCUT2D eigenvalue weighted by Crippen LogP contribution is 2.36. The van der Waals surface area contributed by atoms with Crippen LogP contribution in [0.1, 0.15) is 15.9 Å². The number of carbonyl (C=O) groups is 1. The first-order chi connectivity index (χ1) is 14.8. The zero-order valence-electron chi connectivity index (χ0n) is 17.2. The largest absolute Gasteiger partial charge is 0.493 e. The molecule has 0 aliphatic carbocycles. The zero-order chi connectivity index (χ0) is 22.6. The molecule has 12 heteroatoms. The molecule has 0 amide bonds. The van der Waals surface area contributed by atoms with Crippen molar-refractivity contribution in [2.45, 2.75) is 10.8 Å². The van der Waals surface area contributed by atoms with E-state index in [1.165, 1.54) is 32.0 Å². The summed E-state index contributed by atoms with van der Waals surface area (Å²) in [6.07, 6.45) is 2.92. The van der Waals surface area contributed by atoms with Gasteiger partial charge in [0.25, 0.3) is 10.0 Å². The van der Waals surface area contributed by atoms with E-state index in [9.17, 15) is 13.2 Å². The molecule has 0 aliphatic rings. The topological polar surface area (TPSA) is 118 Å². The van der Waals surface area contributed by atoms with Crippen molar-refractivity contribution in [1.82, 2.24) is 9.78 Å². The molecule has 0 fully saturated rings. The number of carbonyl (C=O) groups excluding carboxylic acids is 1. The number of aromatic nitrogens is 2. The second-order valence-electron chi connectivity index (χ2n) is 6.15. The standard InChI is InChI=1S/C19H21N3O7S2/c1-26-15-7-5-6-12(16(15)27-2)9-22-10-13(8-20-22)21-31(24,25)19-17(28-3)14(11-30-19)18(23)29-4/h5-8,10-11,21H,9H2,1-4H3. The quantitative estimate of drug-likeness (QED) is 0.477. The Labute approximate surface area is 183 Å². The number of sulfonamides is 1. The van der Waals surface area contributed by atoms with Crippen molar-refractivity contribution >= 4 is 33.0 Å². The van der Waals surface area contributed by atoms with Crippen molar-refractivity contribution in [3.05, 3.63) is 47.1 Å². The van der Waals surface area contributed by atoms with Crippen LogP contribution in [0.5, 0.6) is 17.2 Å². The van der Waals surface area contributed by atoms with Gasteiger partial charge in [0.1, 0.15) is 5.56 Å². The Hall–Kier alpha value is -3.25. The van der Waals surface area contributed by atoms with Crippen LogP contribution in [0.4, 0.5) is 5.69 Å². The first kappa shape index (κ1) is 22.4. The molecule has 1 N–H and O–H groups in total. The Morgan fingerprint density at radius 1 is 1.13 bits per heavy atom. The highest BCUT2D eigenvalue weighted by atomic mass is 32.2. The molecule has 0 bridgehead atoms. The summed E-state index contributed by atoms with van der Waals surface area (Å²) in [5.74, 6) is 0.396. The molecular formula is C19H21N3O7S2. The van der Waals surface area contributed by atoms with Gasteiger partial charge in [-0.05, 0) is 6.07 Å². The smallest absolute Gasteiger partial charge is 0.342 e. The number of hydrogen-bond donors (Lipinski definition) is 1. The molecule has 10 nitrogen and oxygen atoms in total. The number of thiophene rings is 1. The SMILES string of the molecule is COC(=O)c1csc(S(=O)(=O)Nc2cnn(Cc3cccc(OC)c3OC)c2)c1OC. The highest BCUT2D eigenvalue weighted by molar-refractivity contribution is 7.94. The van der Waals surface area contributed by atoms with E-state index in [4.69, 9.17) is 14.2 Å². The van der Waals surface area contributed by atoms with E-state index >= 15 is 0 Å². The molecule has 0 radical (unpaired) electrons. The summed E-state index contributed by atoms with van der Waals surface area (Å²) in [6, 6.07) is 5.46. The summed E-state index contributed by atoms with van der Waals surface area (Å²) in [6.45, 7) is 0.330. The van der Waals surface area contributed by atoms with Crippen LogP contribution >= 0.6 is 11.3 Å². The molecule has 0 aliphatic heterocycles. The number of esters is 1. The number of para-hydroxylation sites is 1. The van der Waals surface area contributed by atoms with Crippen molar-refractivity contribution < 1.29 is 32.2 Å². The number of rotatable bonds is 9. The minimum atomic E-state index is -4.02. The van der Waals surface area contributed by atoms with Gasteiger partial charge in [-0.3, -0.25) is 9.40 Å². The van der Waals surface area contributed by atoms with Crippen molar-refractivity contribution in [1.29, 1.82) is 0 Å². The van der Waals surface area contributed by atoms with Crippen LogP contribution in [0, 0.1) is 0 Å². The Morgan fingerprint density at radius 2 is 1.87 bits per heavy atom. The second kappa shape index (κ2) is 9.27. The molecule has 1 aromatic carbocycles. The van der Waals surface area contributed by atoms with Gasteiger partial charge in [-0.15, -0.1) is 11.3 Å². The lowest BCUT2D eigenvalue weighted by atomic mass is 10.2. The molecule has 0 saturated carbocycles. The summed E-state index contributed by atoms with van der Waals surface area (Å²) in [7, 11) is 1.56. The summed E-state index contributed by atoms with van der Waals surface area (Å²) in [5.41, 5.74) is 1.09. The fourth-order valence-corrected chi connectivity index (χ4v) is 5.37. The van der Waals surface area contributed by atoms with E-state index in [-0.39, 0.29) is 21.2 Å². The minimum Gasteiger partial charge on any atom is -0.493 e. The third-order valence-electron chi connectivity index (χ3n) is 4.27. The fourth-order valence-electron chi connectivity index (χ4n) is 2.92. The highest BCUT2D eigenvalue weighted by Gasteiger charge is 2.28. The first-order valence-corrected chi connectivity index (χ1v) is 11.2. The van der Waals surface area contributed by atoms with E-state index in [0.717, 1.165) is 16.9 Å². The molecule has 3 rings (SSSR count). The van der Waals surface area contributed by atoms with Crippen LogP contribution in [0.2, 0.25) is 0 Å². The maximum absolute atomic E-state index is 12.9. The second-order valence-corrected chi connectivity index (χ2v) is 8.90.